The van der Waals surface area contributed by atoms with Gasteiger partial charge in [-0.2, -0.15) is 18.4 Å². The van der Waals surface area contributed by atoms with E-state index in [2.05, 4.69) is 16.4 Å². The fourth-order valence-electron chi connectivity index (χ4n) is 2.32. The van der Waals surface area contributed by atoms with Crippen LogP contribution in [-0.4, -0.2) is 4.98 Å². The number of anilines is 2. The van der Waals surface area contributed by atoms with Crippen LogP contribution in [0.15, 0.2) is 54.6 Å². The molecule has 1 N–H and O–H groups in total. The van der Waals surface area contributed by atoms with Crippen LogP contribution in [0.1, 0.15) is 10.4 Å². The van der Waals surface area contributed by atoms with Crippen molar-refractivity contribution < 1.29 is 13.2 Å². The molecule has 2 aromatic carbocycles. The van der Waals surface area contributed by atoms with Crippen molar-refractivity contribution in [2.45, 2.75) is 12.6 Å². The Morgan fingerprint density at radius 2 is 1.84 bits per heavy atom. The Hall–Kier alpha value is -2.85. The summed E-state index contributed by atoms with van der Waals surface area (Å²) in [6.07, 6.45) is -4.21. The zero-order valence-electron chi connectivity index (χ0n) is 12.8. The highest BCUT2D eigenvalue weighted by atomic mass is 32.1. The van der Waals surface area contributed by atoms with Crippen molar-refractivity contribution in [3.8, 4) is 17.3 Å². The number of halogens is 3. The van der Waals surface area contributed by atoms with E-state index in [1.807, 2.05) is 30.3 Å². The topological polar surface area (TPSA) is 48.7 Å². The van der Waals surface area contributed by atoms with Crippen molar-refractivity contribution >= 4 is 22.2 Å². The summed E-state index contributed by atoms with van der Waals surface area (Å²) in [7, 11) is 0. The Morgan fingerprint density at radius 3 is 2.52 bits per heavy atom. The summed E-state index contributed by atoms with van der Waals surface area (Å²) < 4.78 is 38.5. The summed E-state index contributed by atoms with van der Waals surface area (Å²) in [6, 6.07) is 16.4. The van der Waals surface area contributed by atoms with E-state index in [1.54, 1.807) is 6.07 Å². The number of nitriles is 1. The fraction of sp³-hybridized carbons (Fsp3) is 0.111. The molecule has 0 amide bonds. The SMILES string of the molecule is N#CCc1sc(Nc2cccc(C(F)(F)F)c2)nc1-c1ccccc1. The quantitative estimate of drug-likeness (QED) is 0.656. The van der Waals surface area contributed by atoms with Gasteiger partial charge in [0.1, 0.15) is 0 Å². The lowest BCUT2D eigenvalue weighted by atomic mass is 10.1. The zero-order valence-corrected chi connectivity index (χ0v) is 13.7. The minimum atomic E-state index is -4.40. The molecule has 25 heavy (non-hydrogen) atoms. The number of nitrogens with one attached hydrogen (secondary N) is 1. The average Bonchev–Trinajstić information content (AvgIpc) is 2.98. The molecule has 0 aliphatic carbocycles. The second kappa shape index (κ2) is 6.95. The van der Waals surface area contributed by atoms with Gasteiger partial charge in [-0.15, -0.1) is 11.3 Å². The minimum absolute atomic E-state index is 0.187. The Bertz CT molecular complexity index is 911. The maximum atomic E-state index is 12.8. The van der Waals surface area contributed by atoms with Crippen LogP contribution in [0.5, 0.6) is 0 Å². The van der Waals surface area contributed by atoms with Gasteiger partial charge in [0.05, 0.1) is 23.7 Å². The lowest BCUT2D eigenvalue weighted by Gasteiger charge is -2.08. The molecule has 3 rings (SSSR count). The van der Waals surface area contributed by atoms with Gasteiger partial charge < -0.3 is 5.32 Å². The summed E-state index contributed by atoms with van der Waals surface area (Å²) in [4.78, 5) is 5.23. The second-order valence-corrected chi connectivity index (χ2v) is 6.28. The first-order valence-electron chi connectivity index (χ1n) is 7.34. The number of alkyl halides is 3. The molecule has 0 bridgehead atoms. The van der Waals surface area contributed by atoms with E-state index in [4.69, 9.17) is 5.26 Å². The lowest BCUT2D eigenvalue weighted by molar-refractivity contribution is -0.137. The van der Waals surface area contributed by atoms with Gasteiger partial charge in [-0.05, 0) is 18.2 Å². The van der Waals surface area contributed by atoms with Crippen LogP contribution < -0.4 is 5.32 Å². The molecule has 0 saturated heterocycles. The smallest absolute Gasteiger partial charge is 0.332 e. The molecule has 126 valence electrons. The summed E-state index contributed by atoms with van der Waals surface area (Å²) in [5, 5.41) is 12.4. The van der Waals surface area contributed by atoms with Gasteiger partial charge in [-0.3, -0.25) is 0 Å². The monoisotopic (exact) mass is 359 g/mol. The van der Waals surface area contributed by atoms with E-state index >= 15 is 0 Å². The van der Waals surface area contributed by atoms with Crippen molar-refractivity contribution in [2.24, 2.45) is 0 Å². The molecule has 0 saturated carbocycles. The van der Waals surface area contributed by atoms with Gasteiger partial charge >= 0.3 is 6.18 Å². The minimum Gasteiger partial charge on any atom is -0.332 e. The molecule has 0 radical (unpaired) electrons. The molecule has 1 aromatic heterocycles. The van der Waals surface area contributed by atoms with Crippen LogP contribution in [0.4, 0.5) is 24.0 Å². The predicted molar refractivity (Wildman–Crippen MR) is 91.6 cm³/mol. The standard InChI is InChI=1S/C18H12F3N3S/c19-18(20,21)13-7-4-8-14(11-13)23-17-24-16(15(25-17)9-10-22)12-5-2-1-3-6-12/h1-8,11H,9H2,(H,23,24). The molecule has 0 aliphatic heterocycles. The van der Waals surface area contributed by atoms with Gasteiger partial charge in [0.15, 0.2) is 5.13 Å². The van der Waals surface area contributed by atoms with Crippen LogP contribution >= 0.6 is 11.3 Å². The van der Waals surface area contributed by atoms with Gasteiger partial charge in [0.2, 0.25) is 0 Å². The highest BCUT2D eigenvalue weighted by Crippen LogP contribution is 2.35. The summed E-state index contributed by atoms with van der Waals surface area (Å²) in [5.41, 5.74) is 1.10. The van der Waals surface area contributed by atoms with Crippen LogP contribution in [0, 0.1) is 11.3 Å². The van der Waals surface area contributed by atoms with Gasteiger partial charge in [-0.25, -0.2) is 4.98 Å². The van der Waals surface area contributed by atoms with Crippen molar-refractivity contribution in [3.63, 3.8) is 0 Å². The lowest BCUT2D eigenvalue weighted by Crippen LogP contribution is -2.05. The third-order valence-corrected chi connectivity index (χ3v) is 4.40. The van der Waals surface area contributed by atoms with E-state index in [1.165, 1.54) is 17.4 Å². The largest absolute Gasteiger partial charge is 0.416 e. The molecule has 0 fully saturated rings. The first-order valence-corrected chi connectivity index (χ1v) is 8.15. The predicted octanol–water partition coefficient (Wildman–Crippen LogP) is 5.64. The second-order valence-electron chi connectivity index (χ2n) is 5.20. The Balaban J connectivity index is 1.93. The summed E-state index contributed by atoms with van der Waals surface area (Å²) in [6.45, 7) is 0. The highest BCUT2D eigenvalue weighted by Gasteiger charge is 2.30. The number of nitrogens with zero attached hydrogens (tertiary/aromatic N) is 2. The zero-order chi connectivity index (χ0) is 17.9. The van der Waals surface area contributed by atoms with E-state index in [0.717, 1.165) is 22.6 Å². The van der Waals surface area contributed by atoms with Gasteiger partial charge in [0, 0.05) is 16.1 Å². The van der Waals surface area contributed by atoms with Crippen LogP contribution in [0.3, 0.4) is 0 Å². The maximum absolute atomic E-state index is 12.8. The molecule has 0 spiro atoms. The van der Waals surface area contributed by atoms with Crippen molar-refractivity contribution in [1.29, 1.82) is 5.26 Å². The third-order valence-electron chi connectivity index (χ3n) is 3.43. The number of hydrogen-bond donors (Lipinski definition) is 1. The van der Waals surface area contributed by atoms with Gasteiger partial charge in [-0.1, -0.05) is 36.4 Å². The molecule has 1 heterocycles. The number of rotatable bonds is 4. The molecule has 7 heteroatoms. The highest BCUT2D eigenvalue weighted by molar-refractivity contribution is 7.16. The number of thiazole rings is 1. The molecule has 3 aromatic rings. The molecule has 0 unspecified atom stereocenters. The average molecular weight is 359 g/mol. The number of hydrogen-bond acceptors (Lipinski definition) is 4. The molecule has 3 nitrogen and oxygen atoms in total. The first-order chi connectivity index (χ1) is 12.0. The van der Waals surface area contributed by atoms with Crippen LogP contribution in [0.25, 0.3) is 11.3 Å². The maximum Gasteiger partial charge on any atom is 0.416 e. The Morgan fingerprint density at radius 1 is 1.08 bits per heavy atom. The number of aromatic nitrogens is 1. The first kappa shape index (κ1) is 17.0. The van der Waals surface area contributed by atoms with Crippen molar-refractivity contribution in [1.82, 2.24) is 4.98 Å². The number of benzene rings is 2. The third kappa shape index (κ3) is 3.98. The Kier molecular flexibility index (Phi) is 4.72. The summed E-state index contributed by atoms with van der Waals surface area (Å²) >= 11 is 1.26. The van der Waals surface area contributed by atoms with Crippen LogP contribution in [0.2, 0.25) is 0 Å². The van der Waals surface area contributed by atoms with Gasteiger partial charge in [0.25, 0.3) is 0 Å². The van der Waals surface area contributed by atoms with Crippen molar-refractivity contribution in [2.75, 3.05) is 5.32 Å². The fourth-order valence-corrected chi connectivity index (χ4v) is 3.25. The van der Waals surface area contributed by atoms with E-state index < -0.39 is 11.7 Å². The summed E-state index contributed by atoms with van der Waals surface area (Å²) in [5.74, 6) is 0. The molecular weight excluding hydrogens is 347 g/mol. The normalized spacial score (nSPS) is 11.1. The molecule has 0 aliphatic rings. The van der Waals surface area contributed by atoms with E-state index in [0.29, 0.717) is 16.5 Å². The van der Waals surface area contributed by atoms with Crippen molar-refractivity contribution in [3.05, 3.63) is 65.0 Å². The molecule has 0 atom stereocenters. The van der Waals surface area contributed by atoms with E-state index in [-0.39, 0.29) is 6.42 Å². The Labute approximate surface area is 146 Å². The molecular formula is C18H12F3N3S. The van der Waals surface area contributed by atoms with E-state index in [9.17, 15) is 13.2 Å². The van der Waals surface area contributed by atoms with Crippen LogP contribution in [-0.2, 0) is 12.6 Å².